The zero-order valence-corrected chi connectivity index (χ0v) is 8.46. The molecule has 90 valence electrons. The minimum atomic E-state index is -4.30. The molecule has 16 heavy (non-hydrogen) atoms. The molecule has 0 saturated carbocycles. The van der Waals surface area contributed by atoms with E-state index in [1.807, 2.05) is 0 Å². The third-order valence-electron chi connectivity index (χ3n) is 1.67. The van der Waals surface area contributed by atoms with Crippen LogP contribution in [0.5, 0.6) is 5.75 Å². The minimum Gasteiger partial charge on any atom is -0.489 e. The molecule has 0 fully saturated rings. The fourth-order valence-electron chi connectivity index (χ4n) is 1.01. The summed E-state index contributed by atoms with van der Waals surface area (Å²) in [5.74, 6) is 0.443. The Labute approximate surface area is 91.0 Å². The fraction of sp³-hybridized carbons (Fsp3) is 0.400. The van der Waals surface area contributed by atoms with Crippen LogP contribution in [0, 0.1) is 0 Å². The zero-order chi connectivity index (χ0) is 12.0. The number of nitrogens with two attached hydrogens (primary N) is 1. The quantitative estimate of drug-likeness (QED) is 0.628. The van der Waals surface area contributed by atoms with Crippen LogP contribution in [0.1, 0.15) is 0 Å². The normalized spacial score (nSPS) is 11.4. The SMILES string of the molecule is Nc1ccccc1OCCOCC(F)(F)F. The first-order valence-electron chi connectivity index (χ1n) is 4.61. The lowest BCUT2D eigenvalue weighted by Crippen LogP contribution is -2.19. The number of alkyl halides is 3. The molecule has 0 aliphatic rings. The Hall–Kier alpha value is -1.43. The van der Waals surface area contributed by atoms with Crippen molar-refractivity contribution in [3.63, 3.8) is 0 Å². The van der Waals surface area contributed by atoms with Gasteiger partial charge in [-0.1, -0.05) is 12.1 Å². The van der Waals surface area contributed by atoms with E-state index in [9.17, 15) is 13.2 Å². The number of anilines is 1. The van der Waals surface area contributed by atoms with Gasteiger partial charge in [-0.05, 0) is 12.1 Å². The molecule has 1 aromatic carbocycles. The Morgan fingerprint density at radius 1 is 1.12 bits per heavy atom. The van der Waals surface area contributed by atoms with Crippen molar-refractivity contribution in [1.29, 1.82) is 0 Å². The maximum Gasteiger partial charge on any atom is 0.411 e. The van der Waals surface area contributed by atoms with Crippen LogP contribution in [0.15, 0.2) is 24.3 Å². The van der Waals surface area contributed by atoms with E-state index in [4.69, 9.17) is 10.5 Å². The number of para-hydroxylation sites is 2. The molecule has 3 nitrogen and oxygen atoms in total. The molecule has 1 rings (SSSR count). The van der Waals surface area contributed by atoms with Gasteiger partial charge in [0.1, 0.15) is 19.0 Å². The molecule has 0 spiro atoms. The highest BCUT2D eigenvalue weighted by molar-refractivity contribution is 5.51. The molecule has 0 bridgehead atoms. The average Bonchev–Trinajstić information content (AvgIpc) is 2.18. The minimum absolute atomic E-state index is 0.0320. The van der Waals surface area contributed by atoms with Gasteiger partial charge >= 0.3 is 6.18 Å². The molecule has 0 heterocycles. The first-order chi connectivity index (χ1) is 7.49. The van der Waals surface area contributed by atoms with E-state index in [1.165, 1.54) is 0 Å². The number of hydrogen-bond donors (Lipinski definition) is 1. The molecule has 0 unspecified atom stereocenters. The van der Waals surface area contributed by atoms with Gasteiger partial charge in [0.25, 0.3) is 0 Å². The summed E-state index contributed by atoms with van der Waals surface area (Å²) in [4.78, 5) is 0. The highest BCUT2D eigenvalue weighted by Gasteiger charge is 2.27. The second-order valence-electron chi connectivity index (χ2n) is 3.05. The van der Waals surface area contributed by atoms with Crippen LogP contribution >= 0.6 is 0 Å². The lowest BCUT2D eigenvalue weighted by molar-refractivity contribution is -0.175. The van der Waals surface area contributed by atoms with E-state index in [2.05, 4.69) is 4.74 Å². The fourth-order valence-corrected chi connectivity index (χ4v) is 1.01. The van der Waals surface area contributed by atoms with E-state index >= 15 is 0 Å². The van der Waals surface area contributed by atoms with E-state index < -0.39 is 12.8 Å². The highest BCUT2D eigenvalue weighted by atomic mass is 19.4. The van der Waals surface area contributed by atoms with Gasteiger partial charge in [0.2, 0.25) is 0 Å². The van der Waals surface area contributed by atoms with Crippen molar-refractivity contribution in [1.82, 2.24) is 0 Å². The largest absolute Gasteiger partial charge is 0.489 e. The zero-order valence-electron chi connectivity index (χ0n) is 8.46. The Morgan fingerprint density at radius 3 is 2.44 bits per heavy atom. The lowest BCUT2D eigenvalue weighted by atomic mass is 10.3. The highest BCUT2D eigenvalue weighted by Crippen LogP contribution is 2.19. The Balaban J connectivity index is 2.19. The topological polar surface area (TPSA) is 44.5 Å². The van der Waals surface area contributed by atoms with Crippen molar-refractivity contribution in [3.05, 3.63) is 24.3 Å². The van der Waals surface area contributed by atoms with Gasteiger partial charge in [-0.3, -0.25) is 0 Å². The summed E-state index contributed by atoms with van der Waals surface area (Å²) in [7, 11) is 0. The van der Waals surface area contributed by atoms with Crippen LogP contribution in [0.4, 0.5) is 18.9 Å². The Morgan fingerprint density at radius 2 is 1.81 bits per heavy atom. The molecular formula is C10H12F3NO2. The summed E-state index contributed by atoms with van der Waals surface area (Å²) in [5.41, 5.74) is 6.00. The molecule has 2 N–H and O–H groups in total. The molecule has 0 saturated heterocycles. The van der Waals surface area contributed by atoms with Gasteiger partial charge in [0, 0.05) is 0 Å². The van der Waals surface area contributed by atoms with Crippen LogP contribution < -0.4 is 10.5 Å². The van der Waals surface area contributed by atoms with Gasteiger partial charge in [-0.2, -0.15) is 13.2 Å². The van der Waals surface area contributed by atoms with Gasteiger partial charge in [0.05, 0.1) is 12.3 Å². The number of nitrogen functional groups attached to an aromatic ring is 1. The Bertz CT molecular complexity index is 328. The maximum absolute atomic E-state index is 11.7. The number of rotatable bonds is 5. The summed E-state index contributed by atoms with van der Waals surface area (Å²) in [5, 5.41) is 0. The van der Waals surface area contributed by atoms with Gasteiger partial charge in [-0.25, -0.2) is 0 Å². The summed E-state index contributed by atoms with van der Waals surface area (Å²) >= 11 is 0. The third-order valence-corrected chi connectivity index (χ3v) is 1.67. The number of hydrogen-bond acceptors (Lipinski definition) is 3. The first-order valence-corrected chi connectivity index (χ1v) is 4.61. The predicted octanol–water partition coefficient (Wildman–Crippen LogP) is 2.23. The van der Waals surface area contributed by atoms with Crippen LogP contribution in [0.2, 0.25) is 0 Å². The predicted molar refractivity (Wildman–Crippen MR) is 53.2 cm³/mol. The maximum atomic E-state index is 11.7. The molecule has 0 aliphatic heterocycles. The van der Waals surface area contributed by atoms with E-state index in [0.717, 1.165) is 0 Å². The number of ether oxygens (including phenoxy) is 2. The second kappa shape index (κ2) is 5.60. The van der Waals surface area contributed by atoms with Gasteiger partial charge in [-0.15, -0.1) is 0 Å². The smallest absolute Gasteiger partial charge is 0.411 e. The summed E-state index contributed by atoms with van der Waals surface area (Å²) in [6.07, 6.45) is -4.30. The number of benzene rings is 1. The number of halogens is 3. The van der Waals surface area contributed by atoms with Gasteiger partial charge in [0.15, 0.2) is 0 Å². The van der Waals surface area contributed by atoms with Gasteiger partial charge < -0.3 is 15.2 Å². The van der Waals surface area contributed by atoms with E-state index in [0.29, 0.717) is 11.4 Å². The molecule has 1 aromatic rings. The van der Waals surface area contributed by atoms with Crippen molar-refractivity contribution in [2.45, 2.75) is 6.18 Å². The molecule has 0 aliphatic carbocycles. The summed E-state index contributed by atoms with van der Waals surface area (Å²) in [6, 6.07) is 6.75. The second-order valence-corrected chi connectivity index (χ2v) is 3.05. The molecular weight excluding hydrogens is 223 g/mol. The van der Waals surface area contributed by atoms with Crippen LogP contribution in [0.3, 0.4) is 0 Å². The standard InChI is InChI=1S/C10H12F3NO2/c11-10(12,13)7-15-5-6-16-9-4-2-1-3-8(9)14/h1-4H,5-7,14H2. The van der Waals surface area contributed by atoms with E-state index in [1.54, 1.807) is 24.3 Å². The average molecular weight is 235 g/mol. The molecule has 0 aromatic heterocycles. The molecule has 0 radical (unpaired) electrons. The third kappa shape index (κ3) is 4.88. The molecule has 0 atom stereocenters. The Kier molecular flexibility index (Phi) is 4.42. The van der Waals surface area contributed by atoms with Crippen LogP contribution in [-0.4, -0.2) is 26.0 Å². The van der Waals surface area contributed by atoms with Crippen molar-refractivity contribution < 1.29 is 22.6 Å². The first kappa shape index (κ1) is 12.6. The summed E-state index contributed by atoms with van der Waals surface area (Å²) in [6.45, 7) is -1.36. The van der Waals surface area contributed by atoms with E-state index in [-0.39, 0.29) is 13.2 Å². The lowest BCUT2D eigenvalue weighted by Gasteiger charge is -2.10. The molecule has 0 amide bonds. The van der Waals surface area contributed by atoms with Crippen LogP contribution in [0.25, 0.3) is 0 Å². The monoisotopic (exact) mass is 235 g/mol. The summed E-state index contributed by atoms with van der Waals surface area (Å²) < 4.78 is 44.6. The van der Waals surface area contributed by atoms with Crippen molar-refractivity contribution in [2.24, 2.45) is 0 Å². The van der Waals surface area contributed by atoms with Crippen LogP contribution in [-0.2, 0) is 4.74 Å². The van der Waals surface area contributed by atoms with Crippen molar-refractivity contribution >= 4 is 5.69 Å². The van der Waals surface area contributed by atoms with Crippen molar-refractivity contribution in [2.75, 3.05) is 25.6 Å². The molecule has 6 heteroatoms. The van der Waals surface area contributed by atoms with Crippen molar-refractivity contribution in [3.8, 4) is 5.75 Å².